The van der Waals surface area contributed by atoms with Gasteiger partial charge in [0.25, 0.3) is 5.82 Å². The zero-order chi connectivity index (χ0) is 14.8. The minimum Gasteiger partial charge on any atom is -0.460 e. The molecule has 0 N–H and O–H groups in total. The average molecular weight is 414 g/mol. The summed E-state index contributed by atoms with van der Waals surface area (Å²) >= 11 is 3.64. The molecule has 2 aromatic heterocycles. The van der Waals surface area contributed by atoms with Crippen molar-refractivity contribution < 1.29 is 9.53 Å². The highest BCUT2D eigenvalue weighted by molar-refractivity contribution is 14.1. The van der Waals surface area contributed by atoms with Crippen LogP contribution in [0.3, 0.4) is 0 Å². The van der Waals surface area contributed by atoms with E-state index in [0.717, 1.165) is 20.6 Å². The first-order chi connectivity index (χ1) is 10.2. The van der Waals surface area contributed by atoms with E-state index in [4.69, 9.17) is 4.74 Å². The highest BCUT2D eigenvalue weighted by atomic mass is 127. The number of aromatic nitrogens is 4. The number of hydrogen-bond donors (Lipinski definition) is 0. The number of rotatable bonds is 4. The van der Waals surface area contributed by atoms with E-state index >= 15 is 0 Å². The summed E-state index contributed by atoms with van der Waals surface area (Å²) in [6.07, 6.45) is 0.762. The normalized spacial score (nSPS) is 11.0. The Labute approximate surface area is 138 Å². The maximum absolute atomic E-state index is 11.9. The lowest BCUT2D eigenvalue weighted by Crippen LogP contribution is -2.11. The van der Waals surface area contributed by atoms with Gasteiger partial charge in [-0.3, -0.25) is 0 Å². The van der Waals surface area contributed by atoms with Crippen molar-refractivity contribution in [3.05, 3.63) is 33.7 Å². The molecule has 0 atom stereocenters. The fourth-order valence-electron chi connectivity index (χ4n) is 1.74. The van der Waals surface area contributed by atoms with Crippen LogP contribution >= 0.6 is 33.9 Å². The van der Waals surface area contributed by atoms with Crippen molar-refractivity contribution in [2.75, 3.05) is 6.61 Å². The van der Waals surface area contributed by atoms with Crippen LogP contribution in [-0.4, -0.2) is 32.4 Å². The van der Waals surface area contributed by atoms with Gasteiger partial charge in [-0.15, -0.1) is 10.2 Å². The molecule has 0 amide bonds. The lowest BCUT2D eigenvalue weighted by Gasteiger charge is -1.99. The smallest absolute Gasteiger partial charge is 0.378 e. The maximum atomic E-state index is 11.9. The fourth-order valence-corrected chi connectivity index (χ4v) is 3.12. The molecule has 0 unspecified atom stereocenters. The number of esters is 1. The molecule has 3 aromatic rings. The van der Waals surface area contributed by atoms with Crippen molar-refractivity contribution in [1.82, 2.24) is 19.8 Å². The molecule has 0 aliphatic carbocycles. The van der Waals surface area contributed by atoms with Crippen LogP contribution in [-0.2, 0) is 4.74 Å². The van der Waals surface area contributed by atoms with E-state index in [1.807, 2.05) is 31.2 Å². The zero-order valence-electron chi connectivity index (χ0n) is 11.1. The Morgan fingerprint density at radius 1 is 1.43 bits per heavy atom. The molecule has 0 spiro atoms. The second kappa shape index (κ2) is 6.06. The van der Waals surface area contributed by atoms with Crippen LogP contribution in [0.5, 0.6) is 0 Å². The Hall–Kier alpha value is -1.55. The van der Waals surface area contributed by atoms with Gasteiger partial charge in [-0.05, 0) is 41.1 Å². The molecule has 2 heterocycles. The van der Waals surface area contributed by atoms with Crippen LogP contribution in [0.1, 0.15) is 24.0 Å². The Morgan fingerprint density at radius 2 is 2.29 bits per heavy atom. The lowest BCUT2D eigenvalue weighted by molar-refractivity contribution is 0.0487. The van der Waals surface area contributed by atoms with Crippen molar-refractivity contribution in [2.24, 2.45) is 0 Å². The van der Waals surface area contributed by atoms with Gasteiger partial charge in [-0.1, -0.05) is 30.4 Å². The first-order valence-corrected chi connectivity index (χ1v) is 8.24. The first-order valence-electron chi connectivity index (χ1n) is 6.34. The molecule has 21 heavy (non-hydrogen) atoms. The van der Waals surface area contributed by atoms with Gasteiger partial charge in [0.1, 0.15) is 5.01 Å². The van der Waals surface area contributed by atoms with Gasteiger partial charge in [0.2, 0.25) is 4.96 Å². The molecule has 8 heteroatoms. The summed E-state index contributed by atoms with van der Waals surface area (Å²) in [7, 11) is 0. The second-order valence-corrected chi connectivity index (χ2v) is 6.47. The van der Waals surface area contributed by atoms with Gasteiger partial charge in [-0.25, -0.2) is 4.79 Å². The second-order valence-electron chi connectivity index (χ2n) is 4.27. The number of hydrogen-bond acceptors (Lipinski definition) is 6. The number of fused-ring (bicyclic) bond motifs is 1. The van der Waals surface area contributed by atoms with E-state index in [9.17, 15) is 4.79 Å². The van der Waals surface area contributed by atoms with E-state index < -0.39 is 5.97 Å². The zero-order valence-corrected chi connectivity index (χ0v) is 14.1. The maximum Gasteiger partial charge on any atom is 0.378 e. The predicted octanol–water partition coefficient (Wildman–Crippen LogP) is 3.02. The summed E-state index contributed by atoms with van der Waals surface area (Å²) in [5.74, 6) is -0.379. The molecule has 0 fully saturated rings. The highest BCUT2D eigenvalue weighted by Crippen LogP contribution is 2.26. The van der Waals surface area contributed by atoms with E-state index in [0.29, 0.717) is 11.6 Å². The number of nitrogens with zero attached hydrogens (tertiary/aromatic N) is 4. The molecule has 0 bridgehead atoms. The van der Waals surface area contributed by atoms with Crippen LogP contribution in [0.4, 0.5) is 0 Å². The van der Waals surface area contributed by atoms with Crippen LogP contribution in [0.15, 0.2) is 24.3 Å². The molecular formula is C13H11IN4O2S. The van der Waals surface area contributed by atoms with Crippen LogP contribution in [0.2, 0.25) is 0 Å². The SMILES string of the molecule is CCCOC(=O)c1nnc2sc(-c3cccc(I)c3)nn12. The van der Waals surface area contributed by atoms with Crippen LogP contribution < -0.4 is 0 Å². The molecule has 0 saturated carbocycles. The van der Waals surface area contributed by atoms with Crippen molar-refractivity contribution >= 4 is 44.9 Å². The summed E-state index contributed by atoms with van der Waals surface area (Å²) in [5.41, 5.74) is 0.991. The summed E-state index contributed by atoms with van der Waals surface area (Å²) in [6.45, 7) is 2.30. The van der Waals surface area contributed by atoms with Gasteiger partial charge >= 0.3 is 5.97 Å². The fraction of sp³-hybridized carbons (Fsp3) is 0.231. The quantitative estimate of drug-likeness (QED) is 0.485. The molecule has 1 aromatic carbocycles. The van der Waals surface area contributed by atoms with Gasteiger partial charge in [-0.2, -0.15) is 9.61 Å². The summed E-state index contributed by atoms with van der Waals surface area (Å²) in [5, 5.41) is 13.0. The Balaban J connectivity index is 1.98. The van der Waals surface area contributed by atoms with Gasteiger partial charge in [0.05, 0.1) is 6.61 Å². The van der Waals surface area contributed by atoms with Crippen molar-refractivity contribution in [1.29, 1.82) is 0 Å². The van der Waals surface area contributed by atoms with E-state index in [1.165, 1.54) is 15.9 Å². The molecular weight excluding hydrogens is 403 g/mol. The topological polar surface area (TPSA) is 69.4 Å². The van der Waals surface area contributed by atoms with Crippen molar-refractivity contribution in [3.8, 4) is 10.6 Å². The minimum atomic E-state index is -0.496. The lowest BCUT2D eigenvalue weighted by atomic mass is 10.2. The molecule has 0 aliphatic heterocycles. The van der Waals surface area contributed by atoms with E-state index in [2.05, 4.69) is 37.9 Å². The van der Waals surface area contributed by atoms with E-state index in [1.54, 1.807) is 0 Å². The van der Waals surface area contributed by atoms with Crippen molar-refractivity contribution in [2.45, 2.75) is 13.3 Å². The molecule has 0 saturated heterocycles. The minimum absolute atomic E-state index is 0.117. The third-order valence-corrected chi connectivity index (χ3v) is 4.30. The Morgan fingerprint density at radius 3 is 3.05 bits per heavy atom. The Kier molecular flexibility index (Phi) is 4.15. The number of carbonyl (C=O) groups is 1. The van der Waals surface area contributed by atoms with Crippen LogP contribution in [0, 0.1) is 3.57 Å². The number of benzene rings is 1. The standard InChI is InChI=1S/C13H11IN4O2S/c1-2-6-20-12(19)10-15-16-13-18(10)17-11(21-13)8-4-3-5-9(14)7-8/h3-5,7H,2,6H2,1H3. The van der Waals surface area contributed by atoms with Crippen LogP contribution in [0.25, 0.3) is 15.5 Å². The van der Waals surface area contributed by atoms with Gasteiger partial charge in [0, 0.05) is 9.13 Å². The average Bonchev–Trinajstić information content (AvgIpc) is 3.04. The molecule has 0 radical (unpaired) electrons. The first kappa shape index (κ1) is 14.4. The van der Waals surface area contributed by atoms with E-state index in [-0.39, 0.29) is 5.82 Å². The van der Waals surface area contributed by atoms with Gasteiger partial charge in [0.15, 0.2) is 0 Å². The number of carbonyl (C=O) groups excluding carboxylic acids is 1. The summed E-state index contributed by atoms with van der Waals surface area (Å²) in [4.78, 5) is 12.5. The largest absolute Gasteiger partial charge is 0.460 e. The Bertz CT molecular complexity index is 798. The molecule has 6 nitrogen and oxygen atoms in total. The number of ether oxygens (including phenoxy) is 1. The molecule has 0 aliphatic rings. The predicted molar refractivity (Wildman–Crippen MR) is 87.4 cm³/mol. The summed E-state index contributed by atoms with van der Waals surface area (Å²) < 4.78 is 7.64. The monoisotopic (exact) mass is 414 g/mol. The molecule has 3 rings (SSSR count). The third kappa shape index (κ3) is 2.91. The highest BCUT2D eigenvalue weighted by Gasteiger charge is 2.19. The number of halogens is 1. The van der Waals surface area contributed by atoms with Crippen molar-refractivity contribution in [3.63, 3.8) is 0 Å². The third-order valence-electron chi connectivity index (χ3n) is 2.68. The molecule has 108 valence electrons. The summed E-state index contributed by atoms with van der Waals surface area (Å²) in [6, 6.07) is 7.98. The van der Waals surface area contributed by atoms with Gasteiger partial charge < -0.3 is 4.74 Å².